The van der Waals surface area contributed by atoms with Crippen LogP contribution in [0, 0.1) is 5.92 Å². The quantitative estimate of drug-likeness (QED) is 0.794. The van der Waals surface area contributed by atoms with Crippen molar-refractivity contribution in [2.24, 2.45) is 5.92 Å². The number of carboxylic acids is 1. The number of carboxylic acid groups (broad SMARTS) is 1. The van der Waals surface area contributed by atoms with Gasteiger partial charge in [-0.25, -0.2) is 4.79 Å². The predicted molar refractivity (Wildman–Crippen MR) is 75.8 cm³/mol. The molecule has 0 aromatic heterocycles. The molecule has 3 rings (SSSR count). The van der Waals surface area contributed by atoms with Gasteiger partial charge in [0.05, 0.1) is 6.10 Å². The van der Waals surface area contributed by atoms with Gasteiger partial charge in [0.15, 0.2) is 0 Å². The Hall–Kier alpha value is -1.14. The van der Waals surface area contributed by atoms with Crippen LogP contribution in [0.3, 0.4) is 0 Å². The zero-order valence-electron chi connectivity index (χ0n) is 12.5. The van der Waals surface area contributed by atoms with E-state index in [1.807, 2.05) is 0 Å². The molecule has 1 amide bonds. The molecule has 0 aliphatic carbocycles. The van der Waals surface area contributed by atoms with E-state index >= 15 is 0 Å². The van der Waals surface area contributed by atoms with E-state index in [0.717, 1.165) is 12.8 Å². The van der Waals surface area contributed by atoms with E-state index in [2.05, 4.69) is 5.32 Å². The van der Waals surface area contributed by atoms with Crippen molar-refractivity contribution in [3.8, 4) is 0 Å². The van der Waals surface area contributed by atoms with E-state index < -0.39 is 12.0 Å². The molecule has 3 saturated heterocycles. The molecule has 0 spiro atoms. The lowest BCUT2D eigenvalue weighted by Crippen LogP contribution is -2.43. The monoisotopic (exact) mass is 296 g/mol. The lowest BCUT2D eigenvalue weighted by atomic mass is 9.89. The third-order valence-electron chi connectivity index (χ3n) is 5.24. The molecular weight excluding hydrogens is 272 g/mol. The second-order valence-corrected chi connectivity index (χ2v) is 6.67. The summed E-state index contributed by atoms with van der Waals surface area (Å²) in [5, 5.41) is 12.9. The first kappa shape index (κ1) is 14.8. The molecule has 6 heteroatoms. The van der Waals surface area contributed by atoms with Crippen molar-refractivity contribution in [3.63, 3.8) is 0 Å². The molecule has 6 nitrogen and oxygen atoms in total. The highest BCUT2D eigenvalue weighted by Crippen LogP contribution is 2.33. The molecule has 2 N–H and O–H groups in total. The van der Waals surface area contributed by atoms with Crippen molar-refractivity contribution < 1.29 is 19.4 Å². The molecule has 0 saturated carbocycles. The van der Waals surface area contributed by atoms with Gasteiger partial charge in [-0.05, 0) is 31.6 Å². The van der Waals surface area contributed by atoms with E-state index in [9.17, 15) is 14.7 Å². The molecule has 3 aliphatic heterocycles. The number of carbonyl (C=O) groups is 2. The summed E-state index contributed by atoms with van der Waals surface area (Å²) in [7, 11) is 1.57. The zero-order chi connectivity index (χ0) is 15.0. The summed E-state index contributed by atoms with van der Waals surface area (Å²) in [6, 6.07) is 0.394. The van der Waals surface area contributed by atoms with Crippen molar-refractivity contribution in [1.82, 2.24) is 10.2 Å². The predicted octanol–water partition coefficient (Wildman–Crippen LogP) is 0.608. The number of hydrogen-bond acceptors (Lipinski definition) is 4. The molecule has 3 fully saturated rings. The zero-order valence-corrected chi connectivity index (χ0v) is 12.5. The van der Waals surface area contributed by atoms with Crippen molar-refractivity contribution >= 4 is 11.9 Å². The molecule has 21 heavy (non-hydrogen) atoms. The summed E-state index contributed by atoms with van der Waals surface area (Å²) in [5.74, 6) is -0.547. The Balaban J connectivity index is 1.60. The first-order valence-corrected chi connectivity index (χ1v) is 7.88. The molecule has 0 aromatic rings. The Morgan fingerprint density at radius 3 is 2.48 bits per heavy atom. The van der Waals surface area contributed by atoms with E-state index in [4.69, 9.17) is 4.74 Å². The van der Waals surface area contributed by atoms with Gasteiger partial charge in [0, 0.05) is 38.6 Å². The summed E-state index contributed by atoms with van der Waals surface area (Å²) < 4.78 is 5.24. The normalized spacial score (nSPS) is 38.7. The molecule has 3 aliphatic rings. The first-order chi connectivity index (χ1) is 10.1. The van der Waals surface area contributed by atoms with E-state index in [-0.39, 0.29) is 12.0 Å². The highest BCUT2D eigenvalue weighted by Gasteiger charge is 2.41. The van der Waals surface area contributed by atoms with Crippen LogP contribution in [-0.2, 0) is 14.3 Å². The topological polar surface area (TPSA) is 78.9 Å². The minimum atomic E-state index is -0.923. The van der Waals surface area contributed by atoms with Crippen LogP contribution < -0.4 is 5.32 Å². The summed E-state index contributed by atoms with van der Waals surface area (Å²) in [5.41, 5.74) is 0. The number of aliphatic carboxylic acids is 1. The fraction of sp³-hybridized carbons (Fsp3) is 0.867. The van der Waals surface area contributed by atoms with E-state index in [1.54, 1.807) is 7.11 Å². The third kappa shape index (κ3) is 3.06. The molecule has 0 aromatic carbocycles. The van der Waals surface area contributed by atoms with Crippen LogP contribution in [0.15, 0.2) is 0 Å². The molecule has 4 atom stereocenters. The first-order valence-electron chi connectivity index (χ1n) is 7.88. The molecule has 118 valence electrons. The maximum atomic E-state index is 12.5. The van der Waals surface area contributed by atoms with Crippen LogP contribution in [0.2, 0.25) is 0 Å². The number of amides is 1. The highest BCUT2D eigenvalue weighted by atomic mass is 16.5. The van der Waals surface area contributed by atoms with E-state index in [1.165, 1.54) is 17.7 Å². The minimum Gasteiger partial charge on any atom is -0.480 e. The van der Waals surface area contributed by atoms with Crippen molar-refractivity contribution in [1.29, 1.82) is 0 Å². The average Bonchev–Trinajstić information content (AvgIpc) is 3.02. The average molecular weight is 296 g/mol. The molecule has 2 bridgehead atoms. The summed E-state index contributed by atoms with van der Waals surface area (Å²) in [6.45, 7) is 0.407. The third-order valence-corrected chi connectivity index (χ3v) is 5.24. The van der Waals surface area contributed by atoms with Crippen molar-refractivity contribution in [3.05, 3.63) is 0 Å². The molecule has 4 unspecified atom stereocenters. The Morgan fingerprint density at radius 2 is 1.90 bits per heavy atom. The van der Waals surface area contributed by atoms with Gasteiger partial charge in [0.2, 0.25) is 5.91 Å². The fourth-order valence-corrected chi connectivity index (χ4v) is 4.18. The lowest BCUT2D eigenvalue weighted by Gasteiger charge is -2.30. The van der Waals surface area contributed by atoms with Crippen molar-refractivity contribution in [2.75, 3.05) is 13.7 Å². The number of fused-ring (bicyclic) bond motifs is 2. The molecule has 3 heterocycles. The van der Waals surface area contributed by atoms with Crippen molar-refractivity contribution in [2.45, 2.75) is 62.8 Å². The van der Waals surface area contributed by atoms with Gasteiger partial charge in [-0.15, -0.1) is 0 Å². The second-order valence-electron chi connectivity index (χ2n) is 6.67. The number of likely N-dealkylation sites (tertiary alicyclic amines) is 1. The van der Waals surface area contributed by atoms with Gasteiger partial charge < -0.3 is 20.1 Å². The van der Waals surface area contributed by atoms with Crippen LogP contribution in [0.1, 0.15) is 38.5 Å². The number of nitrogens with one attached hydrogen (secondary N) is 1. The van der Waals surface area contributed by atoms with Gasteiger partial charge in [-0.3, -0.25) is 4.79 Å². The van der Waals surface area contributed by atoms with E-state index in [0.29, 0.717) is 37.4 Å². The fourth-order valence-electron chi connectivity index (χ4n) is 4.18. The second kappa shape index (κ2) is 5.93. The SMILES string of the molecule is COC1CC(C(=O)O)N(C(=O)CC2CC3CCC(C2)N3)C1. The van der Waals surface area contributed by atoms with Gasteiger partial charge in [-0.2, -0.15) is 0 Å². The van der Waals surface area contributed by atoms with Crippen LogP contribution in [0.4, 0.5) is 0 Å². The van der Waals surface area contributed by atoms with Gasteiger partial charge in [0.25, 0.3) is 0 Å². The minimum absolute atomic E-state index is 0.0201. The number of piperidine rings is 1. The van der Waals surface area contributed by atoms with Gasteiger partial charge in [-0.1, -0.05) is 0 Å². The summed E-state index contributed by atoms with van der Waals surface area (Å²) >= 11 is 0. The lowest BCUT2D eigenvalue weighted by molar-refractivity contribution is -0.148. The molecule has 0 radical (unpaired) electrons. The Morgan fingerprint density at radius 1 is 1.24 bits per heavy atom. The van der Waals surface area contributed by atoms with Crippen LogP contribution in [0.5, 0.6) is 0 Å². The molecular formula is C15H24N2O4. The maximum absolute atomic E-state index is 12.5. The number of hydrogen-bond donors (Lipinski definition) is 2. The van der Waals surface area contributed by atoms with Gasteiger partial charge >= 0.3 is 5.97 Å². The van der Waals surface area contributed by atoms with Crippen LogP contribution in [0.25, 0.3) is 0 Å². The standard InChI is InChI=1S/C15H24N2O4/c1-21-12-7-13(15(19)20)17(8-12)14(18)6-9-4-10-2-3-11(5-9)16-10/h9-13,16H,2-8H2,1H3,(H,19,20). The number of ether oxygens (including phenoxy) is 1. The summed E-state index contributed by atoms with van der Waals surface area (Å²) in [6.07, 6.45) is 5.23. The number of carbonyl (C=O) groups excluding carboxylic acids is 1. The Bertz CT molecular complexity index is 416. The van der Waals surface area contributed by atoms with Crippen LogP contribution in [-0.4, -0.2) is 59.8 Å². The maximum Gasteiger partial charge on any atom is 0.326 e. The Labute approximate surface area is 124 Å². The van der Waals surface area contributed by atoms with Crippen LogP contribution >= 0.6 is 0 Å². The Kier molecular flexibility index (Phi) is 4.17. The largest absolute Gasteiger partial charge is 0.480 e. The highest BCUT2D eigenvalue weighted by molar-refractivity contribution is 5.84. The summed E-state index contributed by atoms with van der Waals surface area (Å²) in [4.78, 5) is 25.3. The number of rotatable bonds is 4. The number of methoxy groups -OCH3 is 1. The van der Waals surface area contributed by atoms with Gasteiger partial charge in [0.1, 0.15) is 6.04 Å². The number of nitrogens with zero attached hydrogens (tertiary/aromatic N) is 1. The smallest absolute Gasteiger partial charge is 0.326 e.